The Kier molecular flexibility index (Phi) is 4.44. The van der Waals surface area contributed by atoms with Crippen molar-refractivity contribution in [2.75, 3.05) is 5.32 Å². The van der Waals surface area contributed by atoms with Crippen LogP contribution in [0.5, 0.6) is 0 Å². The van der Waals surface area contributed by atoms with Crippen molar-refractivity contribution in [2.24, 2.45) is 5.73 Å². The topological polar surface area (TPSA) is 63.8 Å². The highest BCUT2D eigenvalue weighted by molar-refractivity contribution is 9.10. The smallest absolute Gasteiger partial charge is 0.223 e. The number of hydrogen-bond acceptors (Lipinski definition) is 4. The highest BCUT2D eigenvalue weighted by Gasteiger charge is 2.04. The minimum Gasteiger partial charge on any atom is -0.388 e. The molecular weight excluding hydrogens is 324 g/mol. The predicted molar refractivity (Wildman–Crippen MR) is 84.1 cm³/mol. The first-order valence-corrected chi connectivity index (χ1v) is 6.88. The highest BCUT2D eigenvalue weighted by atomic mass is 79.9. The Labute approximate surface area is 125 Å². The van der Waals surface area contributed by atoms with Gasteiger partial charge in [0.2, 0.25) is 5.95 Å². The van der Waals surface area contributed by atoms with E-state index >= 15 is 0 Å². The lowest BCUT2D eigenvalue weighted by molar-refractivity contribution is 1.02. The van der Waals surface area contributed by atoms with E-state index in [1.165, 1.54) is 0 Å². The van der Waals surface area contributed by atoms with Crippen molar-refractivity contribution < 1.29 is 0 Å². The molecule has 4 nitrogen and oxygen atoms in total. The van der Waals surface area contributed by atoms with Crippen molar-refractivity contribution in [2.45, 2.75) is 13.5 Å². The summed E-state index contributed by atoms with van der Waals surface area (Å²) < 4.78 is 1.05. The lowest BCUT2D eigenvalue weighted by Gasteiger charge is -2.07. The molecule has 0 amide bonds. The number of rotatable bonds is 4. The summed E-state index contributed by atoms with van der Waals surface area (Å²) in [5.74, 6) is 0.533. The summed E-state index contributed by atoms with van der Waals surface area (Å²) in [4.78, 5) is 8.85. The summed E-state index contributed by atoms with van der Waals surface area (Å²) in [6.45, 7) is 2.53. The molecule has 0 aliphatic carbocycles. The molecule has 0 aliphatic heterocycles. The number of nitrogens with zero attached hydrogens (tertiary/aromatic N) is 2. The van der Waals surface area contributed by atoms with Gasteiger partial charge < -0.3 is 11.1 Å². The van der Waals surface area contributed by atoms with E-state index in [1.807, 2.05) is 31.2 Å². The van der Waals surface area contributed by atoms with E-state index in [1.54, 1.807) is 6.07 Å². The first-order chi connectivity index (χ1) is 9.04. The Balaban J connectivity index is 2.11. The fraction of sp³-hybridized carbons (Fsp3) is 0.154. The van der Waals surface area contributed by atoms with Gasteiger partial charge in [-0.05, 0) is 30.7 Å². The van der Waals surface area contributed by atoms with Crippen molar-refractivity contribution >= 4 is 39.1 Å². The third-order valence-electron chi connectivity index (χ3n) is 2.47. The van der Waals surface area contributed by atoms with E-state index in [0.29, 0.717) is 18.2 Å². The van der Waals surface area contributed by atoms with Crippen LogP contribution in [0.3, 0.4) is 0 Å². The third kappa shape index (κ3) is 3.97. The molecule has 1 aromatic carbocycles. The van der Waals surface area contributed by atoms with Crippen LogP contribution in [-0.4, -0.2) is 15.0 Å². The lowest BCUT2D eigenvalue weighted by Crippen LogP contribution is -2.14. The number of hydrogen-bond donors (Lipinski definition) is 2. The molecule has 1 aromatic heterocycles. The Morgan fingerprint density at radius 2 is 2.00 bits per heavy atom. The number of benzene rings is 1. The van der Waals surface area contributed by atoms with E-state index in [4.69, 9.17) is 18.0 Å². The zero-order valence-corrected chi connectivity index (χ0v) is 12.8. The molecule has 0 saturated heterocycles. The lowest BCUT2D eigenvalue weighted by atomic mass is 10.2. The molecule has 3 N–H and O–H groups in total. The summed E-state index contributed by atoms with van der Waals surface area (Å²) in [7, 11) is 0. The Hall–Kier alpha value is -1.53. The maximum atomic E-state index is 5.58. The van der Waals surface area contributed by atoms with Gasteiger partial charge in [0, 0.05) is 16.7 Å². The van der Waals surface area contributed by atoms with Crippen molar-refractivity contribution in [1.29, 1.82) is 0 Å². The number of nitrogens with one attached hydrogen (secondary N) is 1. The Bertz CT molecular complexity index is 598. The summed E-state index contributed by atoms with van der Waals surface area (Å²) in [5, 5.41) is 3.16. The second kappa shape index (κ2) is 6.08. The van der Waals surface area contributed by atoms with Gasteiger partial charge >= 0.3 is 0 Å². The largest absolute Gasteiger partial charge is 0.388 e. The highest BCUT2D eigenvalue weighted by Crippen LogP contribution is 2.12. The number of halogens is 1. The average molecular weight is 337 g/mol. The molecule has 0 radical (unpaired) electrons. The zero-order chi connectivity index (χ0) is 13.8. The van der Waals surface area contributed by atoms with E-state index in [0.717, 1.165) is 15.7 Å². The maximum absolute atomic E-state index is 5.58. The van der Waals surface area contributed by atoms with Crippen molar-refractivity contribution in [3.05, 3.63) is 51.8 Å². The zero-order valence-electron chi connectivity index (χ0n) is 10.4. The van der Waals surface area contributed by atoms with Crippen LogP contribution in [0.15, 0.2) is 34.8 Å². The van der Waals surface area contributed by atoms with Gasteiger partial charge in [0.25, 0.3) is 0 Å². The van der Waals surface area contributed by atoms with Crippen LogP contribution in [0.2, 0.25) is 0 Å². The summed E-state index contributed by atoms with van der Waals surface area (Å²) in [6.07, 6.45) is 0. The van der Waals surface area contributed by atoms with Gasteiger partial charge in [0.05, 0.1) is 0 Å². The molecule has 2 aromatic rings. The van der Waals surface area contributed by atoms with E-state index < -0.39 is 0 Å². The molecular formula is C13H13BrN4S. The first kappa shape index (κ1) is 13.9. The summed E-state index contributed by atoms with van der Waals surface area (Å²) in [5.41, 5.74) is 8.14. The van der Waals surface area contributed by atoms with Gasteiger partial charge in [0.1, 0.15) is 10.7 Å². The minimum atomic E-state index is 0.275. The molecule has 0 atom stereocenters. The van der Waals surface area contributed by atoms with Crippen LogP contribution in [0.1, 0.15) is 17.0 Å². The number of nitrogens with two attached hydrogens (primary N) is 1. The van der Waals surface area contributed by atoms with E-state index in [9.17, 15) is 0 Å². The Morgan fingerprint density at radius 3 is 2.63 bits per heavy atom. The van der Waals surface area contributed by atoms with E-state index in [2.05, 4.69) is 31.2 Å². The normalized spacial score (nSPS) is 10.2. The summed E-state index contributed by atoms with van der Waals surface area (Å²) in [6, 6.07) is 9.82. The van der Waals surface area contributed by atoms with Crippen molar-refractivity contribution in [1.82, 2.24) is 9.97 Å². The molecule has 1 heterocycles. The van der Waals surface area contributed by atoms with Crippen LogP contribution in [0.25, 0.3) is 0 Å². The second-order valence-corrected chi connectivity index (χ2v) is 5.42. The molecule has 6 heteroatoms. The van der Waals surface area contributed by atoms with E-state index in [-0.39, 0.29) is 4.99 Å². The third-order valence-corrected chi connectivity index (χ3v) is 3.21. The van der Waals surface area contributed by atoms with Gasteiger partial charge in [-0.2, -0.15) is 0 Å². The molecule has 0 unspecified atom stereocenters. The SMILES string of the molecule is Cc1cc(C(N)=S)nc(NCc2ccc(Br)cc2)n1. The number of aryl methyl sites for hydroxylation is 1. The van der Waals surface area contributed by atoms with Gasteiger partial charge in [0.15, 0.2) is 0 Å². The number of aromatic nitrogens is 2. The standard InChI is InChI=1S/C13H13BrN4S/c1-8-6-11(12(15)19)18-13(17-8)16-7-9-2-4-10(14)5-3-9/h2-6H,7H2,1H3,(H2,15,19)(H,16,17,18). The molecule has 98 valence electrons. The van der Waals surface area contributed by atoms with Gasteiger partial charge in [-0.25, -0.2) is 9.97 Å². The molecule has 0 fully saturated rings. The molecule has 0 aliphatic rings. The Morgan fingerprint density at radius 1 is 1.32 bits per heavy atom. The van der Waals surface area contributed by atoms with Gasteiger partial charge in [-0.1, -0.05) is 40.3 Å². The van der Waals surface area contributed by atoms with Crippen LogP contribution in [0.4, 0.5) is 5.95 Å². The second-order valence-electron chi connectivity index (χ2n) is 4.06. The molecule has 0 spiro atoms. The van der Waals surface area contributed by atoms with Crippen molar-refractivity contribution in [3.63, 3.8) is 0 Å². The number of anilines is 1. The fourth-order valence-electron chi connectivity index (χ4n) is 1.56. The molecule has 0 saturated carbocycles. The fourth-order valence-corrected chi connectivity index (χ4v) is 1.93. The predicted octanol–water partition coefficient (Wildman–Crippen LogP) is 2.79. The quantitative estimate of drug-likeness (QED) is 0.840. The van der Waals surface area contributed by atoms with Crippen LogP contribution < -0.4 is 11.1 Å². The molecule has 0 bridgehead atoms. The maximum Gasteiger partial charge on any atom is 0.223 e. The first-order valence-electron chi connectivity index (χ1n) is 5.68. The average Bonchev–Trinajstić information content (AvgIpc) is 2.37. The van der Waals surface area contributed by atoms with Crippen LogP contribution in [0, 0.1) is 6.92 Å². The van der Waals surface area contributed by atoms with Gasteiger partial charge in [-0.15, -0.1) is 0 Å². The summed E-state index contributed by atoms with van der Waals surface area (Å²) >= 11 is 8.33. The van der Waals surface area contributed by atoms with Gasteiger partial charge in [-0.3, -0.25) is 0 Å². The van der Waals surface area contributed by atoms with Crippen LogP contribution in [-0.2, 0) is 6.54 Å². The minimum absolute atomic E-state index is 0.275. The van der Waals surface area contributed by atoms with Crippen molar-refractivity contribution in [3.8, 4) is 0 Å². The monoisotopic (exact) mass is 336 g/mol. The van der Waals surface area contributed by atoms with Crippen LogP contribution >= 0.6 is 28.1 Å². The molecule has 19 heavy (non-hydrogen) atoms. The molecule has 2 rings (SSSR count). The number of thiocarbonyl (C=S) groups is 1.